The first kappa shape index (κ1) is 13.4. The van der Waals surface area contributed by atoms with Crippen LogP contribution >= 0.6 is 0 Å². The van der Waals surface area contributed by atoms with Crippen molar-refractivity contribution in [2.24, 2.45) is 0 Å². The number of nitrogens with zero attached hydrogens (tertiary/aromatic N) is 1. The van der Waals surface area contributed by atoms with Gasteiger partial charge in [0.25, 0.3) is 5.91 Å². The largest absolute Gasteiger partial charge is 0.469 e. The van der Waals surface area contributed by atoms with Gasteiger partial charge in [0.1, 0.15) is 5.76 Å². The number of benzene rings is 1. The van der Waals surface area contributed by atoms with Gasteiger partial charge in [0, 0.05) is 13.0 Å². The summed E-state index contributed by atoms with van der Waals surface area (Å²) >= 11 is 0. The zero-order chi connectivity index (χ0) is 14.8. The molecule has 2 amide bonds. The molecule has 5 heteroatoms. The van der Waals surface area contributed by atoms with Crippen molar-refractivity contribution in [3.8, 4) is 0 Å². The number of carbonyl (C=O) groups is 2. The summed E-state index contributed by atoms with van der Waals surface area (Å²) in [7, 11) is 0. The van der Waals surface area contributed by atoms with E-state index in [9.17, 15) is 9.59 Å². The van der Waals surface area contributed by atoms with Gasteiger partial charge in [0.2, 0.25) is 5.91 Å². The minimum absolute atomic E-state index is 0.0937. The van der Waals surface area contributed by atoms with Gasteiger partial charge in [-0.3, -0.25) is 9.59 Å². The first-order valence-corrected chi connectivity index (χ1v) is 6.91. The van der Waals surface area contributed by atoms with E-state index in [-0.39, 0.29) is 11.8 Å². The molecule has 1 aliphatic heterocycles. The molecule has 1 N–H and O–H groups in total. The number of carbonyl (C=O) groups excluding carboxylic acids is 2. The van der Waals surface area contributed by atoms with Crippen LogP contribution in [0.15, 0.2) is 41.0 Å². The molecule has 108 valence electrons. The average Bonchev–Trinajstić information content (AvgIpc) is 3.08. The van der Waals surface area contributed by atoms with Gasteiger partial charge in [-0.2, -0.15) is 0 Å². The van der Waals surface area contributed by atoms with Gasteiger partial charge in [-0.25, -0.2) is 0 Å². The molecule has 1 saturated heterocycles. The molecule has 0 bridgehead atoms. The Morgan fingerprint density at radius 2 is 2.10 bits per heavy atom. The van der Waals surface area contributed by atoms with Crippen LogP contribution in [0.2, 0.25) is 0 Å². The van der Waals surface area contributed by atoms with Crippen LogP contribution < -0.4 is 10.2 Å². The third kappa shape index (κ3) is 2.54. The van der Waals surface area contributed by atoms with Crippen LogP contribution in [-0.2, 0) is 4.79 Å². The van der Waals surface area contributed by atoms with Crippen molar-refractivity contribution >= 4 is 23.2 Å². The SMILES string of the molecule is Cc1occc1C(=O)Nc1ccccc1N1CCCC1=O. The highest BCUT2D eigenvalue weighted by atomic mass is 16.3. The lowest BCUT2D eigenvalue weighted by Crippen LogP contribution is -2.25. The van der Waals surface area contributed by atoms with E-state index < -0.39 is 0 Å². The lowest BCUT2D eigenvalue weighted by Gasteiger charge is -2.19. The highest BCUT2D eigenvalue weighted by Crippen LogP contribution is 2.29. The zero-order valence-corrected chi connectivity index (χ0v) is 11.8. The fraction of sp³-hybridized carbons (Fsp3) is 0.250. The summed E-state index contributed by atoms with van der Waals surface area (Å²) in [6.07, 6.45) is 2.89. The van der Waals surface area contributed by atoms with Crippen molar-refractivity contribution in [1.82, 2.24) is 0 Å². The molecule has 1 aliphatic rings. The number of hydrogen-bond donors (Lipinski definition) is 1. The van der Waals surface area contributed by atoms with Crippen molar-refractivity contribution in [1.29, 1.82) is 0 Å². The minimum Gasteiger partial charge on any atom is -0.469 e. The summed E-state index contributed by atoms with van der Waals surface area (Å²) in [4.78, 5) is 25.9. The second-order valence-corrected chi connectivity index (χ2v) is 5.01. The Bertz CT molecular complexity index is 690. The van der Waals surface area contributed by atoms with E-state index in [0.717, 1.165) is 12.1 Å². The molecule has 2 heterocycles. The van der Waals surface area contributed by atoms with E-state index in [1.54, 1.807) is 24.0 Å². The molecule has 3 rings (SSSR count). The van der Waals surface area contributed by atoms with Crippen LogP contribution in [0, 0.1) is 6.92 Å². The molecule has 1 aromatic carbocycles. The molecule has 1 aromatic heterocycles. The molecule has 0 saturated carbocycles. The Morgan fingerprint density at radius 3 is 2.76 bits per heavy atom. The highest BCUT2D eigenvalue weighted by Gasteiger charge is 2.24. The topological polar surface area (TPSA) is 62.6 Å². The molecule has 0 radical (unpaired) electrons. The number of para-hydroxylation sites is 2. The summed E-state index contributed by atoms with van der Waals surface area (Å²) < 4.78 is 5.15. The van der Waals surface area contributed by atoms with E-state index in [0.29, 0.717) is 30.0 Å². The smallest absolute Gasteiger partial charge is 0.259 e. The van der Waals surface area contributed by atoms with Crippen LogP contribution in [0.1, 0.15) is 29.0 Å². The Balaban J connectivity index is 1.88. The van der Waals surface area contributed by atoms with Crippen LogP contribution in [0.4, 0.5) is 11.4 Å². The highest BCUT2D eigenvalue weighted by molar-refractivity contribution is 6.08. The lowest BCUT2D eigenvalue weighted by molar-refractivity contribution is -0.117. The maximum Gasteiger partial charge on any atom is 0.259 e. The van der Waals surface area contributed by atoms with Gasteiger partial charge in [-0.05, 0) is 31.5 Å². The van der Waals surface area contributed by atoms with Crippen molar-refractivity contribution < 1.29 is 14.0 Å². The van der Waals surface area contributed by atoms with Crippen molar-refractivity contribution in [2.75, 3.05) is 16.8 Å². The van der Waals surface area contributed by atoms with Gasteiger partial charge in [0.15, 0.2) is 0 Å². The number of nitrogens with one attached hydrogen (secondary N) is 1. The van der Waals surface area contributed by atoms with E-state index >= 15 is 0 Å². The second-order valence-electron chi connectivity index (χ2n) is 5.01. The van der Waals surface area contributed by atoms with E-state index in [1.807, 2.05) is 18.2 Å². The summed E-state index contributed by atoms with van der Waals surface area (Å²) in [5.74, 6) is 0.429. The Morgan fingerprint density at radius 1 is 1.29 bits per heavy atom. The fourth-order valence-corrected chi connectivity index (χ4v) is 2.53. The second kappa shape index (κ2) is 5.44. The number of aryl methyl sites for hydroxylation is 1. The molecule has 1 fully saturated rings. The minimum atomic E-state index is -0.236. The molecule has 2 aromatic rings. The number of rotatable bonds is 3. The van der Waals surface area contributed by atoms with Gasteiger partial charge < -0.3 is 14.6 Å². The number of furan rings is 1. The fourth-order valence-electron chi connectivity index (χ4n) is 2.53. The molecule has 21 heavy (non-hydrogen) atoms. The van der Waals surface area contributed by atoms with Crippen LogP contribution in [0.25, 0.3) is 0 Å². The van der Waals surface area contributed by atoms with Crippen LogP contribution in [0.5, 0.6) is 0 Å². The zero-order valence-electron chi connectivity index (χ0n) is 11.8. The molecule has 0 atom stereocenters. The average molecular weight is 284 g/mol. The van der Waals surface area contributed by atoms with Gasteiger partial charge in [-0.15, -0.1) is 0 Å². The molecule has 0 spiro atoms. The quantitative estimate of drug-likeness (QED) is 0.942. The molecular weight excluding hydrogens is 268 g/mol. The van der Waals surface area contributed by atoms with Crippen LogP contribution in [-0.4, -0.2) is 18.4 Å². The third-order valence-corrected chi connectivity index (χ3v) is 3.62. The van der Waals surface area contributed by atoms with Gasteiger partial charge in [0.05, 0.1) is 23.2 Å². The first-order chi connectivity index (χ1) is 10.2. The Kier molecular flexibility index (Phi) is 3.48. The predicted molar refractivity (Wildman–Crippen MR) is 79.4 cm³/mol. The van der Waals surface area contributed by atoms with E-state index in [4.69, 9.17) is 4.42 Å². The monoisotopic (exact) mass is 284 g/mol. The number of anilines is 2. The summed E-state index contributed by atoms with van der Waals surface area (Å²) in [5, 5.41) is 2.86. The molecule has 0 unspecified atom stereocenters. The van der Waals surface area contributed by atoms with Crippen molar-refractivity contribution in [2.45, 2.75) is 19.8 Å². The summed E-state index contributed by atoms with van der Waals surface area (Å²) in [5.41, 5.74) is 1.88. The van der Waals surface area contributed by atoms with Gasteiger partial charge >= 0.3 is 0 Å². The standard InChI is InChI=1S/C16H16N2O3/c1-11-12(8-10-21-11)16(20)17-13-5-2-3-6-14(13)18-9-4-7-15(18)19/h2-3,5-6,8,10H,4,7,9H2,1H3,(H,17,20). The number of hydrogen-bond acceptors (Lipinski definition) is 3. The lowest BCUT2D eigenvalue weighted by atomic mass is 10.2. The molecule has 0 aliphatic carbocycles. The first-order valence-electron chi connectivity index (χ1n) is 6.91. The van der Waals surface area contributed by atoms with E-state index in [2.05, 4.69) is 5.32 Å². The Labute approximate surface area is 122 Å². The maximum atomic E-state index is 12.3. The van der Waals surface area contributed by atoms with E-state index in [1.165, 1.54) is 6.26 Å². The predicted octanol–water partition coefficient (Wildman–Crippen LogP) is 2.97. The number of amides is 2. The molecular formula is C16H16N2O3. The van der Waals surface area contributed by atoms with Gasteiger partial charge in [-0.1, -0.05) is 12.1 Å². The van der Waals surface area contributed by atoms with Crippen molar-refractivity contribution in [3.63, 3.8) is 0 Å². The summed E-state index contributed by atoms with van der Waals surface area (Å²) in [6.45, 7) is 2.43. The van der Waals surface area contributed by atoms with Crippen molar-refractivity contribution in [3.05, 3.63) is 47.9 Å². The Hall–Kier alpha value is -2.56. The third-order valence-electron chi connectivity index (χ3n) is 3.62. The maximum absolute atomic E-state index is 12.3. The normalized spacial score (nSPS) is 14.5. The summed E-state index contributed by atoms with van der Waals surface area (Å²) in [6, 6.07) is 8.98. The molecule has 5 nitrogen and oxygen atoms in total. The van der Waals surface area contributed by atoms with Crippen LogP contribution in [0.3, 0.4) is 0 Å².